The number of ether oxygens (including phenoxy) is 1. The Morgan fingerprint density at radius 1 is 1.26 bits per heavy atom. The highest BCUT2D eigenvalue weighted by molar-refractivity contribution is 5.94. The van der Waals surface area contributed by atoms with Crippen molar-refractivity contribution in [1.29, 1.82) is 0 Å². The molecule has 1 aromatic rings. The molecule has 2 saturated heterocycles. The van der Waals surface area contributed by atoms with Gasteiger partial charge in [-0.25, -0.2) is 8.78 Å². The average Bonchev–Trinajstić information content (AvgIpc) is 3.01. The van der Waals surface area contributed by atoms with E-state index >= 15 is 0 Å². The number of benzene rings is 1. The number of hydrogen-bond donors (Lipinski definition) is 0. The summed E-state index contributed by atoms with van der Waals surface area (Å²) in [6.07, 6.45) is 0.956. The molecule has 0 aliphatic carbocycles. The first-order chi connectivity index (χ1) is 11.1. The molecule has 0 radical (unpaired) electrons. The van der Waals surface area contributed by atoms with Gasteiger partial charge in [0.05, 0.1) is 18.8 Å². The third kappa shape index (κ3) is 3.38. The molecule has 2 atom stereocenters. The second-order valence-electron chi connectivity index (χ2n) is 6.22. The van der Waals surface area contributed by atoms with Gasteiger partial charge < -0.3 is 9.64 Å². The highest BCUT2D eigenvalue weighted by atomic mass is 19.1. The number of carbonyl (C=O) groups is 1. The quantitative estimate of drug-likeness (QED) is 0.854. The topological polar surface area (TPSA) is 32.8 Å². The van der Waals surface area contributed by atoms with Crippen molar-refractivity contribution >= 4 is 5.91 Å². The third-order valence-corrected chi connectivity index (χ3v) is 4.89. The van der Waals surface area contributed by atoms with Crippen LogP contribution in [0.15, 0.2) is 18.2 Å². The van der Waals surface area contributed by atoms with Crippen molar-refractivity contribution in [2.24, 2.45) is 5.92 Å². The van der Waals surface area contributed by atoms with Crippen LogP contribution in [0.2, 0.25) is 0 Å². The number of likely N-dealkylation sites (tertiary alicyclic amines) is 1. The van der Waals surface area contributed by atoms with Crippen LogP contribution >= 0.6 is 0 Å². The molecule has 2 aliphatic heterocycles. The van der Waals surface area contributed by atoms with Crippen LogP contribution < -0.4 is 0 Å². The molecule has 0 aromatic heterocycles. The Hall–Kier alpha value is -1.53. The fourth-order valence-corrected chi connectivity index (χ4v) is 3.58. The van der Waals surface area contributed by atoms with Crippen molar-refractivity contribution in [3.63, 3.8) is 0 Å². The van der Waals surface area contributed by atoms with E-state index in [1.807, 2.05) is 0 Å². The number of morpholine rings is 1. The summed E-state index contributed by atoms with van der Waals surface area (Å²) in [4.78, 5) is 16.6. The van der Waals surface area contributed by atoms with E-state index in [1.165, 1.54) is 0 Å². The first kappa shape index (κ1) is 16.3. The molecule has 3 rings (SSSR count). The van der Waals surface area contributed by atoms with Crippen LogP contribution in [0.3, 0.4) is 0 Å². The Labute approximate surface area is 135 Å². The smallest absolute Gasteiger partial charge is 0.256 e. The van der Waals surface area contributed by atoms with Crippen LogP contribution in [0.1, 0.15) is 23.7 Å². The van der Waals surface area contributed by atoms with Gasteiger partial charge in [-0.05, 0) is 24.1 Å². The van der Waals surface area contributed by atoms with E-state index in [0.29, 0.717) is 32.2 Å². The number of amides is 1. The zero-order chi connectivity index (χ0) is 16.4. The van der Waals surface area contributed by atoms with Gasteiger partial charge in [0.25, 0.3) is 5.91 Å². The molecule has 0 spiro atoms. The predicted octanol–water partition coefficient (Wildman–Crippen LogP) is 2.15. The molecule has 1 aromatic carbocycles. The van der Waals surface area contributed by atoms with E-state index in [2.05, 4.69) is 11.8 Å². The van der Waals surface area contributed by atoms with E-state index in [-0.39, 0.29) is 11.6 Å². The molecular weight excluding hydrogens is 302 g/mol. The van der Waals surface area contributed by atoms with E-state index in [4.69, 9.17) is 4.74 Å². The Morgan fingerprint density at radius 3 is 2.70 bits per heavy atom. The molecule has 0 N–H and O–H groups in total. The summed E-state index contributed by atoms with van der Waals surface area (Å²) in [5.41, 5.74) is -0.178. The Kier molecular flexibility index (Phi) is 4.92. The first-order valence-electron chi connectivity index (χ1n) is 8.16. The number of halogens is 2. The van der Waals surface area contributed by atoms with Crippen LogP contribution in [0.5, 0.6) is 0 Å². The molecule has 6 heteroatoms. The fraction of sp³-hybridized carbons (Fsp3) is 0.588. The number of hydrogen-bond acceptors (Lipinski definition) is 3. The summed E-state index contributed by atoms with van der Waals surface area (Å²) >= 11 is 0. The fourth-order valence-electron chi connectivity index (χ4n) is 3.58. The summed E-state index contributed by atoms with van der Waals surface area (Å²) in [6, 6.07) is 3.29. The molecule has 1 amide bonds. The van der Waals surface area contributed by atoms with Gasteiger partial charge in [0.1, 0.15) is 11.6 Å². The minimum atomic E-state index is -0.667. The standard InChI is InChI=1S/C17H22F2N2O2/c1-2-12-10-21(11-16(12)20-5-7-23-8-6-20)17(22)14-9-13(18)3-4-15(14)19/h3-4,9,12,16H,2,5-8,10-11H2,1H3/t12-,16+/m0/s1. The molecule has 0 unspecified atom stereocenters. The summed E-state index contributed by atoms with van der Waals surface area (Å²) in [6.45, 7) is 6.39. The summed E-state index contributed by atoms with van der Waals surface area (Å²) in [5.74, 6) is -1.32. The van der Waals surface area contributed by atoms with Gasteiger partial charge in [-0.15, -0.1) is 0 Å². The molecule has 2 heterocycles. The van der Waals surface area contributed by atoms with Gasteiger partial charge in [0.2, 0.25) is 0 Å². The summed E-state index contributed by atoms with van der Waals surface area (Å²) in [5, 5.41) is 0. The molecule has 0 bridgehead atoms. The molecule has 23 heavy (non-hydrogen) atoms. The average molecular weight is 324 g/mol. The minimum absolute atomic E-state index is 0.178. The molecule has 126 valence electrons. The zero-order valence-corrected chi connectivity index (χ0v) is 13.3. The van der Waals surface area contributed by atoms with Crippen molar-refractivity contribution in [3.8, 4) is 0 Å². The third-order valence-electron chi connectivity index (χ3n) is 4.89. The lowest BCUT2D eigenvalue weighted by molar-refractivity contribution is 0.0102. The normalized spacial score (nSPS) is 25.8. The van der Waals surface area contributed by atoms with Crippen molar-refractivity contribution in [2.45, 2.75) is 19.4 Å². The van der Waals surface area contributed by atoms with Crippen LogP contribution in [0, 0.1) is 17.6 Å². The maximum absolute atomic E-state index is 13.9. The van der Waals surface area contributed by atoms with Crippen molar-refractivity contribution < 1.29 is 18.3 Å². The van der Waals surface area contributed by atoms with Gasteiger partial charge in [0, 0.05) is 32.2 Å². The largest absolute Gasteiger partial charge is 0.379 e. The summed E-state index contributed by atoms with van der Waals surface area (Å²) < 4.78 is 32.6. The lowest BCUT2D eigenvalue weighted by Crippen LogP contribution is -2.47. The van der Waals surface area contributed by atoms with Gasteiger partial charge >= 0.3 is 0 Å². The Bertz CT molecular complexity index is 576. The number of nitrogens with zero attached hydrogens (tertiary/aromatic N) is 2. The first-order valence-corrected chi connectivity index (χ1v) is 8.16. The van der Waals surface area contributed by atoms with Crippen LogP contribution in [0.4, 0.5) is 8.78 Å². The minimum Gasteiger partial charge on any atom is -0.379 e. The van der Waals surface area contributed by atoms with Crippen LogP contribution in [0.25, 0.3) is 0 Å². The van der Waals surface area contributed by atoms with Gasteiger partial charge in [-0.1, -0.05) is 13.3 Å². The maximum Gasteiger partial charge on any atom is 0.256 e. The van der Waals surface area contributed by atoms with Gasteiger partial charge in [0.15, 0.2) is 0 Å². The van der Waals surface area contributed by atoms with Crippen molar-refractivity contribution in [3.05, 3.63) is 35.4 Å². The van der Waals surface area contributed by atoms with Crippen LogP contribution in [-0.4, -0.2) is 61.1 Å². The number of carbonyl (C=O) groups excluding carboxylic acids is 1. The molecule has 2 aliphatic rings. The van der Waals surface area contributed by atoms with E-state index in [1.54, 1.807) is 4.90 Å². The van der Waals surface area contributed by atoms with Gasteiger partial charge in [-0.2, -0.15) is 0 Å². The molecule has 2 fully saturated rings. The SMILES string of the molecule is CC[C@H]1CN(C(=O)c2cc(F)ccc2F)C[C@H]1N1CCOCC1. The Balaban J connectivity index is 1.75. The Morgan fingerprint density at radius 2 is 2.00 bits per heavy atom. The van der Waals surface area contributed by atoms with E-state index in [0.717, 1.165) is 37.7 Å². The van der Waals surface area contributed by atoms with E-state index in [9.17, 15) is 13.6 Å². The maximum atomic E-state index is 13.9. The molecular formula is C17H22F2N2O2. The second-order valence-corrected chi connectivity index (χ2v) is 6.22. The highest BCUT2D eigenvalue weighted by Gasteiger charge is 2.38. The van der Waals surface area contributed by atoms with Gasteiger partial charge in [-0.3, -0.25) is 9.69 Å². The lowest BCUT2D eigenvalue weighted by Gasteiger charge is -2.34. The van der Waals surface area contributed by atoms with E-state index < -0.39 is 17.5 Å². The zero-order valence-electron chi connectivity index (χ0n) is 13.3. The summed E-state index contributed by atoms with van der Waals surface area (Å²) in [7, 11) is 0. The monoisotopic (exact) mass is 324 g/mol. The van der Waals surface area contributed by atoms with Crippen molar-refractivity contribution in [1.82, 2.24) is 9.80 Å². The van der Waals surface area contributed by atoms with Crippen molar-refractivity contribution in [2.75, 3.05) is 39.4 Å². The van der Waals surface area contributed by atoms with Crippen LogP contribution in [-0.2, 0) is 4.74 Å². The lowest BCUT2D eigenvalue weighted by atomic mass is 9.99. The molecule has 0 saturated carbocycles. The number of rotatable bonds is 3. The highest BCUT2D eigenvalue weighted by Crippen LogP contribution is 2.27. The predicted molar refractivity (Wildman–Crippen MR) is 82.2 cm³/mol. The second kappa shape index (κ2) is 6.93. The molecule has 4 nitrogen and oxygen atoms in total.